The number of hydrogen-bond acceptors (Lipinski definition) is 6. The predicted octanol–water partition coefficient (Wildman–Crippen LogP) is 1.81. The van der Waals surface area contributed by atoms with Gasteiger partial charge in [0.2, 0.25) is 10.0 Å². The van der Waals surface area contributed by atoms with Crippen LogP contribution in [0.2, 0.25) is 0 Å². The molecule has 0 spiro atoms. The van der Waals surface area contributed by atoms with Crippen molar-refractivity contribution in [3.8, 4) is 0 Å². The zero-order chi connectivity index (χ0) is 21.0. The summed E-state index contributed by atoms with van der Waals surface area (Å²) in [7, 11) is -3.13. The van der Waals surface area contributed by atoms with Gasteiger partial charge in [0.15, 0.2) is 0 Å². The van der Waals surface area contributed by atoms with Gasteiger partial charge in [-0.2, -0.15) is 4.31 Å². The summed E-state index contributed by atoms with van der Waals surface area (Å²) in [5, 5.41) is 3.11. The van der Waals surface area contributed by atoms with E-state index in [9.17, 15) is 13.2 Å². The molecule has 3 rings (SSSR count). The van der Waals surface area contributed by atoms with E-state index in [0.29, 0.717) is 39.3 Å². The zero-order valence-electron chi connectivity index (χ0n) is 16.8. The molecule has 29 heavy (non-hydrogen) atoms. The minimum Gasteiger partial charge on any atom is -0.442 e. The summed E-state index contributed by atoms with van der Waals surface area (Å²) in [6, 6.07) is 7.73. The summed E-state index contributed by atoms with van der Waals surface area (Å²) in [6.45, 7) is 6.91. The van der Waals surface area contributed by atoms with Gasteiger partial charge in [-0.25, -0.2) is 13.2 Å². The number of piperazine rings is 1. The van der Waals surface area contributed by atoms with Crippen LogP contribution in [0.3, 0.4) is 0 Å². The van der Waals surface area contributed by atoms with E-state index >= 15 is 0 Å². The normalized spacial score (nSPS) is 20.6. The molecule has 1 aromatic rings. The molecule has 8 nitrogen and oxygen atoms in total. The fourth-order valence-electron chi connectivity index (χ4n) is 3.44. The Balaban J connectivity index is 1.57. The molecular formula is C19H28N4O4S2. The molecular weight excluding hydrogens is 412 g/mol. The van der Waals surface area contributed by atoms with Crippen molar-refractivity contribution in [1.29, 1.82) is 0 Å². The van der Waals surface area contributed by atoms with Crippen LogP contribution in [0.1, 0.15) is 20.3 Å². The third-order valence-corrected chi connectivity index (χ3v) is 7.56. The fraction of sp³-hybridized carbons (Fsp3) is 0.579. The molecule has 0 aliphatic carbocycles. The lowest BCUT2D eigenvalue weighted by Crippen LogP contribution is -2.49. The van der Waals surface area contributed by atoms with E-state index in [0.717, 1.165) is 22.8 Å². The lowest BCUT2D eigenvalue weighted by Gasteiger charge is -2.35. The smallest absolute Gasteiger partial charge is 0.414 e. The summed E-state index contributed by atoms with van der Waals surface area (Å²) in [5.74, 6) is 0.133. The van der Waals surface area contributed by atoms with Gasteiger partial charge < -0.3 is 15.0 Å². The van der Waals surface area contributed by atoms with Crippen molar-refractivity contribution in [1.82, 2.24) is 9.62 Å². The average Bonchev–Trinajstić information content (AvgIpc) is 3.12. The molecule has 1 atom stereocenters. The molecule has 160 valence electrons. The number of cyclic esters (lactones) is 1. The number of hydrogen-bond donors (Lipinski definition) is 1. The Labute approximate surface area is 177 Å². The molecule has 1 N–H and O–H groups in total. The van der Waals surface area contributed by atoms with Crippen LogP contribution >= 0.6 is 12.2 Å². The first-order valence-corrected chi connectivity index (χ1v) is 11.9. The van der Waals surface area contributed by atoms with Crippen molar-refractivity contribution >= 4 is 44.7 Å². The van der Waals surface area contributed by atoms with Gasteiger partial charge in [-0.15, -0.1) is 0 Å². The van der Waals surface area contributed by atoms with Crippen LogP contribution in [0.5, 0.6) is 0 Å². The van der Waals surface area contributed by atoms with E-state index in [1.165, 1.54) is 0 Å². The highest BCUT2D eigenvalue weighted by Crippen LogP contribution is 2.25. The van der Waals surface area contributed by atoms with E-state index in [2.05, 4.69) is 10.2 Å². The van der Waals surface area contributed by atoms with Crippen molar-refractivity contribution in [2.24, 2.45) is 0 Å². The number of nitrogens with zero attached hydrogens (tertiary/aromatic N) is 3. The van der Waals surface area contributed by atoms with Gasteiger partial charge in [0.05, 0.1) is 23.8 Å². The quantitative estimate of drug-likeness (QED) is 0.648. The van der Waals surface area contributed by atoms with Crippen LogP contribution in [-0.2, 0) is 14.8 Å². The molecule has 0 aromatic heterocycles. The molecule has 0 bridgehead atoms. The number of sulfonamides is 1. The number of thiocarbonyl (C=S) groups is 1. The SMILES string of the molecule is CCC(=S)NCC1CN(c2ccc(N3CCN(S(=O)(=O)CC)CC3)cc2)C(=O)O1. The maximum absolute atomic E-state index is 12.2. The molecule has 2 heterocycles. The molecule has 2 fully saturated rings. The van der Waals surface area contributed by atoms with Gasteiger partial charge in [-0.05, 0) is 37.6 Å². The van der Waals surface area contributed by atoms with Gasteiger partial charge in [0.25, 0.3) is 0 Å². The highest BCUT2D eigenvalue weighted by molar-refractivity contribution is 7.89. The van der Waals surface area contributed by atoms with E-state index in [-0.39, 0.29) is 18.0 Å². The first kappa shape index (κ1) is 21.8. The van der Waals surface area contributed by atoms with Crippen LogP contribution in [0.25, 0.3) is 0 Å². The van der Waals surface area contributed by atoms with Gasteiger partial charge in [-0.1, -0.05) is 19.1 Å². The topological polar surface area (TPSA) is 82.2 Å². The highest BCUT2D eigenvalue weighted by Gasteiger charge is 2.32. The standard InChI is InChI=1S/C19H28N4O4S2/c1-3-18(28)20-13-17-14-23(19(24)27-17)16-7-5-15(6-8-16)21-9-11-22(12-10-21)29(25,26)4-2/h5-8,17H,3-4,9-14H2,1-2H3,(H,20,28). The number of ether oxygens (including phenoxy) is 1. The molecule has 2 aliphatic heterocycles. The summed E-state index contributed by atoms with van der Waals surface area (Å²) in [4.78, 5) is 16.8. The third kappa shape index (κ3) is 5.18. The number of carbonyl (C=O) groups excluding carboxylic acids is 1. The number of anilines is 2. The van der Waals surface area contributed by atoms with Crippen molar-refractivity contribution in [3.63, 3.8) is 0 Å². The Morgan fingerprint density at radius 1 is 1.14 bits per heavy atom. The molecule has 1 unspecified atom stereocenters. The van der Waals surface area contributed by atoms with Gasteiger partial charge in [0, 0.05) is 37.6 Å². The Hall–Kier alpha value is -1.91. The van der Waals surface area contributed by atoms with Crippen molar-refractivity contribution < 1.29 is 17.9 Å². The molecule has 10 heteroatoms. The van der Waals surface area contributed by atoms with E-state index in [4.69, 9.17) is 17.0 Å². The van der Waals surface area contributed by atoms with Gasteiger partial charge in [-0.3, -0.25) is 4.90 Å². The second kappa shape index (κ2) is 9.27. The van der Waals surface area contributed by atoms with Crippen LogP contribution in [-0.4, -0.2) is 74.9 Å². The second-order valence-corrected chi connectivity index (χ2v) is 9.83. The summed E-state index contributed by atoms with van der Waals surface area (Å²) < 4.78 is 31.0. The Kier molecular flexibility index (Phi) is 6.97. The van der Waals surface area contributed by atoms with Crippen molar-refractivity contribution in [2.75, 3.05) is 54.8 Å². The van der Waals surface area contributed by atoms with Crippen LogP contribution < -0.4 is 15.1 Å². The Bertz CT molecular complexity index is 836. The molecule has 1 aromatic carbocycles. The predicted molar refractivity (Wildman–Crippen MR) is 118 cm³/mol. The first-order chi connectivity index (χ1) is 13.8. The molecule has 1 amide bonds. The molecule has 0 saturated carbocycles. The number of benzene rings is 1. The fourth-order valence-corrected chi connectivity index (χ4v) is 4.61. The molecule has 0 radical (unpaired) electrons. The lowest BCUT2D eigenvalue weighted by molar-refractivity contribution is 0.143. The minimum absolute atomic E-state index is 0.133. The van der Waals surface area contributed by atoms with E-state index < -0.39 is 10.0 Å². The number of nitrogens with one attached hydrogen (secondary N) is 1. The Morgan fingerprint density at radius 2 is 1.76 bits per heavy atom. The number of rotatable bonds is 7. The number of carbonyl (C=O) groups is 1. The van der Waals surface area contributed by atoms with E-state index in [1.54, 1.807) is 16.1 Å². The first-order valence-electron chi connectivity index (χ1n) is 9.91. The van der Waals surface area contributed by atoms with Crippen LogP contribution in [0.4, 0.5) is 16.2 Å². The highest BCUT2D eigenvalue weighted by atomic mass is 32.2. The number of amides is 1. The monoisotopic (exact) mass is 440 g/mol. The summed E-state index contributed by atoms with van der Waals surface area (Å²) in [5.41, 5.74) is 1.80. The third-order valence-electron chi connectivity index (χ3n) is 5.25. The Morgan fingerprint density at radius 3 is 2.34 bits per heavy atom. The van der Waals surface area contributed by atoms with Gasteiger partial charge in [0.1, 0.15) is 6.10 Å². The van der Waals surface area contributed by atoms with Crippen molar-refractivity contribution in [2.45, 2.75) is 26.4 Å². The summed E-state index contributed by atoms with van der Waals surface area (Å²) in [6.07, 6.45) is 0.172. The van der Waals surface area contributed by atoms with Gasteiger partial charge >= 0.3 is 6.09 Å². The molecule has 2 saturated heterocycles. The maximum atomic E-state index is 12.2. The average molecular weight is 441 g/mol. The zero-order valence-corrected chi connectivity index (χ0v) is 18.5. The second-order valence-electron chi connectivity index (χ2n) is 7.08. The van der Waals surface area contributed by atoms with Crippen LogP contribution in [0, 0.1) is 0 Å². The van der Waals surface area contributed by atoms with E-state index in [1.807, 2.05) is 31.2 Å². The summed E-state index contributed by atoms with van der Waals surface area (Å²) >= 11 is 5.15. The lowest BCUT2D eigenvalue weighted by atomic mass is 10.2. The minimum atomic E-state index is -3.13. The van der Waals surface area contributed by atoms with Crippen molar-refractivity contribution in [3.05, 3.63) is 24.3 Å². The molecule has 2 aliphatic rings. The largest absolute Gasteiger partial charge is 0.442 e. The van der Waals surface area contributed by atoms with Crippen LogP contribution in [0.15, 0.2) is 24.3 Å². The maximum Gasteiger partial charge on any atom is 0.414 e.